The Bertz CT molecular complexity index is 910. The van der Waals surface area contributed by atoms with Crippen molar-refractivity contribution in [3.8, 4) is 0 Å². The normalized spacial score (nSPS) is 11.3. The van der Waals surface area contributed by atoms with Gasteiger partial charge < -0.3 is 4.74 Å². The summed E-state index contributed by atoms with van der Waals surface area (Å²) in [4.78, 5) is 22.0. The Kier molecular flexibility index (Phi) is 6.41. The molecule has 0 saturated heterocycles. The predicted molar refractivity (Wildman–Crippen MR) is 106 cm³/mol. The van der Waals surface area contributed by atoms with Crippen LogP contribution in [0.15, 0.2) is 58.6 Å². The molecule has 0 radical (unpaired) electrons. The second kappa shape index (κ2) is 8.96. The van der Waals surface area contributed by atoms with E-state index in [1.807, 2.05) is 56.3 Å². The fraction of sp³-hybridized carbons (Fsp3) is 0.350. The number of aromatic nitrogens is 3. The summed E-state index contributed by atoms with van der Waals surface area (Å²) in [6.07, 6.45) is 2.74. The van der Waals surface area contributed by atoms with Crippen molar-refractivity contribution in [2.45, 2.75) is 43.8 Å². The lowest BCUT2D eigenvalue weighted by Gasteiger charge is -2.14. The van der Waals surface area contributed by atoms with E-state index in [4.69, 9.17) is 9.72 Å². The number of ether oxygens (including phenoxy) is 1. The predicted octanol–water partition coefficient (Wildman–Crippen LogP) is 3.90. The molecule has 0 unspecified atom stereocenters. The standard InChI is InChI=1S/C20H23N3O2S/c1-15(2)25-13-7-12-23-19(24)17-9-3-4-10-18(17)22-20(23)26-14-16-8-5-6-11-21-16/h3-6,8-11,15H,7,12-14H2,1-2H3. The zero-order valence-corrected chi connectivity index (χ0v) is 15.9. The van der Waals surface area contributed by atoms with Crippen LogP contribution in [0.4, 0.5) is 0 Å². The van der Waals surface area contributed by atoms with Gasteiger partial charge in [-0.2, -0.15) is 0 Å². The van der Waals surface area contributed by atoms with Gasteiger partial charge in [0.05, 0.1) is 22.7 Å². The first kappa shape index (κ1) is 18.6. The number of rotatable bonds is 8. The van der Waals surface area contributed by atoms with Gasteiger partial charge >= 0.3 is 0 Å². The molecule has 0 amide bonds. The first-order valence-electron chi connectivity index (χ1n) is 8.79. The maximum atomic E-state index is 12.9. The van der Waals surface area contributed by atoms with Crippen LogP contribution in [-0.2, 0) is 17.0 Å². The van der Waals surface area contributed by atoms with Gasteiger partial charge in [0.15, 0.2) is 5.16 Å². The average molecular weight is 369 g/mol. The van der Waals surface area contributed by atoms with Gasteiger partial charge in [0.2, 0.25) is 0 Å². The molecule has 0 spiro atoms. The number of hydrogen-bond donors (Lipinski definition) is 0. The molecule has 6 heteroatoms. The fourth-order valence-corrected chi connectivity index (χ4v) is 3.56. The second-order valence-electron chi connectivity index (χ2n) is 6.25. The summed E-state index contributed by atoms with van der Waals surface area (Å²) in [5.74, 6) is 0.675. The minimum Gasteiger partial charge on any atom is -0.379 e. The minimum atomic E-state index is 0.00340. The molecule has 2 heterocycles. The molecule has 0 bridgehead atoms. The fourth-order valence-electron chi connectivity index (χ4n) is 2.62. The van der Waals surface area contributed by atoms with Crippen LogP contribution < -0.4 is 5.56 Å². The van der Waals surface area contributed by atoms with E-state index in [-0.39, 0.29) is 11.7 Å². The summed E-state index contributed by atoms with van der Waals surface area (Å²) in [5.41, 5.74) is 1.70. The molecule has 2 aromatic heterocycles. The molecule has 0 saturated carbocycles. The molecule has 0 aliphatic carbocycles. The topological polar surface area (TPSA) is 57.0 Å². The Labute approximate surface area is 157 Å². The highest BCUT2D eigenvalue weighted by molar-refractivity contribution is 7.98. The number of benzene rings is 1. The SMILES string of the molecule is CC(C)OCCCn1c(SCc2ccccn2)nc2ccccc2c1=O. The van der Waals surface area contributed by atoms with Gasteiger partial charge in [-0.25, -0.2) is 4.98 Å². The third-order valence-corrected chi connectivity index (χ3v) is 4.89. The molecule has 136 valence electrons. The largest absolute Gasteiger partial charge is 0.379 e. The number of thioether (sulfide) groups is 1. The highest BCUT2D eigenvalue weighted by atomic mass is 32.2. The van der Waals surface area contributed by atoms with E-state index in [1.165, 1.54) is 0 Å². The molecule has 0 N–H and O–H groups in total. The molecule has 26 heavy (non-hydrogen) atoms. The van der Waals surface area contributed by atoms with E-state index in [0.717, 1.165) is 22.8 Å². The van der Waals surface area contributed by atoms with Crippen molar-refractivity contribution in [3.05, 3.63) is 64.7 Å². The Morgan fingerprint density at radius 2 is 1.96 bits per heavy atom. The Morgan fingerprint density at radius 1 is 1.15 bits per heavy atom. The van der Waals surface area contributed by atoms with Crippen molar-refractivity contribution in [2.24, 2.45) is 0 Å². The van der Waals surface area contributed by atoms with Crippen LogP contribution in [0.25, 0.3) is 10.9 Å². The first-order chi connectivity index (χ1) is 12.6. The van der Waals surface area contributed by atoms with Gasteiger partial charge in [-0.3, -0.25) is 14.3 Å². The van der Waals surface area contributed by atoms with Crippen molar-refractivity contribution >= 4 is 22.7 Å². The summed E-state index contributed by atoms with van der Waals surface area (Å²) < 4.78 is 7.37. The molecule has 3 aromatic rings. The molecular formula is C20H23N3O2S. The maximum absolute atomic E-state index is 12.9. The number of para-hydroxylation sites is 1. The zero-order valence-electron chi connectivity index (χ0n) is 15.1. The molecule has 3 rings (SSSR count). The van der Waals surface area contributed by atoms with E-state index in [0.29, 0.717) is 24.3 Å². The Hall–Kier alpha value is -2.18. The van der Waals surface area contributed by atoms with Crippen molar-refractivity contribution in [2.75, 3.05) is 6.61 Å². The van der Waals surface area contributed by atoms with Gasteiger partial charge in [0.25, 0.3) is 5.56 Å². The average Bonchev–Trinajstić information content (AvgIpc) is 2.66. The summed E-state index contributed by atoms with van der Waals surface area (Å²) >= 11 is 1.54. The number of nitrogens with zero attached hydrogens (tertiary/aromatic N) is 3. The van der Waals surface area contributed by atoms with Crippen molar-refractivity contribution in [3.63, 3.8) is 0 Å². The third kappa shape index (κ3) is 4.71. The van der Waals surface area contributed by atoms with Gasteiger partial charge in [-0.1, -0.05) is 30.0 Å². The molecule has 5 nitrogen and oxygen atoms in total. The molecule has 1 aromatic carbocycles. The zero-order chi connectivity index (χ0) is 18.4. The molecule has 0 aliphatic heterocycles. The summed E-state index contributed by atoms with van der Waals surface area (Å²) in [6.45, 7) is 5.24. The van der Waals surface area contributed by atoms with E-state index in [1.54, 1.807) is 22.5 Å². The summed E-state index contributed by atoms with van der Waals surface area (Å²) in [6, 6.07) is 13.3. The van der Waals surface area contributed by atoms with E-state index in [9.17, 15) is 4.79 Å². The first-order valence-corrected chi connectivity index (χ1v) is 9.77. The van der Waals surface area contributed by atoms with Crippen LogP contribution in [0.5, 0.6) is 0 Å². The van der Waals surface area contributed by atoms with Crippen LogP contribution in [0, 0.1) is 0 Å². The van der Waals surface area contributed by atoms with Crippen LogP contribution in [0.1, 0.15) is 26.0 Å². The lowest BCUT2D eigenvalue weighted by atomic mass is 10.2. The third-order valence-electron chi connectivity index (χ3n) is 3.88. The van der Waals surface area contributed by atoms with Gasteiger partial charge in [0, 0.05) is 25.1 Å². The van der Waals surface area contributed by atoms with Crippen LogP contribution >= 0.6 is 11.8 Å². The second-order valence-corrected chi connectivity index (χ2v) is 7.19. The van der Waals surface area contributed by atoms with Crippen LogP contribution in [-0.4, -0.2) is 27.2 Å². The summed E-state index contributed by atoms with van der Waals surface area (Å²) in [5, 5.41) is 1.38. The lowest BCUT2D eigenvalue weighted by molar-refractivity contribution is 0.0743. The number of fused-ring (bicyclic) bond motifs is 1. The minimum absolute atomic E-state index is 0.00340. The van der Waals surface area contributed by atoms with Gasteiger partial charge in [-0.05, 0) is 44.5 Å². The van der Waals surface area contributed by atoms with Gasteiger partial charge in [-0.15, -0.1) is 0 Å². The number of pyridine rings is 1. The molecule has 0 atom stereocenters. The van der Waals surface area contributed by atoms with Crippen LogP contribution in [0.2, 0.25) is 0 Å². The Morgan fingerprint density at radius 3 is 2.73 bits per heavy atom. The highest BCUT2D eigenvalue weighted by Gasteiger charge is 2.12. The summed E-state index contributed by atoms with van der Waals surface area (Å²) in [7, 11) is 0. The highest BCUT2D eigenvalue weighted by Crippen LogP contribution is 2.21. The maximum Gasteiger partial charge on any atom is 0.262 e. The van der Waals surface area contributed by atoms with E-state index < -0.39 is 0 Å². The monoisotopic (exact) mass is 369 g/mol. The molecule has 0 fully saturated rings. The van der Waals surface area contributed by atoms with E-state index >= 15 is 0 Å². The smallest absolute Gasteiger partial charge is 0.262 e. The molecular weight excluding hydrogens is 346 g/mol. The quantitative estimate of drug-likeness (QED) is 0.342. The van der Waals surface area contributed by atoms with Crippen molar-refractivity contribution in [1.82, 2.24) is 14.5 Å². The van der Waals surface area contributed by atoms with Crippen LogP contribution in [0.3, 0.4) is 0 Å². The lowest BCUT2D eigenvalue weighted by Crippen LogP contribution is -2.24. The number of hydrogen-bond acceptors (Lipinski definition) is 5. The Balaban J connectivity index is 1.85. The molecule has 0 aliphatic rings. The van der Waals surface area contributed by atoms with Crippen molar-refractivity contribution < 1.29 is 4.74 Å². The van der Waals surface area contributed by atoms with Gasteiger partial charge in [0.1, 0.15) is 0 Å². The van der Waals surface area contributed by atoms with Crippen molar-refractivity contribution in [1.29, 1.82) is 0 Å². The van der Waals surface area contributed by atoms with E-state index in [2.05, 4.69) is 4.98 Å².